The summed E-state index contributed by atoms with van der Waals surface area (Å²) in [5.74, 6) is 0. The van der Waals surface area contributed by atoms with Crippen molar-refractivity contribution in [3.8, 4) is 39.1 Å². The number of hydrogen-bond acceptors (Lipinski definition) is 1. The Labute approximate surface area is 419 Å². The summed E-state index contributed by atoms with van der Waals surface area (Å²) >= 11 is 0. The fourth-order valence-corrected chi connectivity index (χ4v) is 11.3. The zero-order valence-electron chi connectivity index (χ0n) is 41.5. The molecule has 0 radical (unpaired) electrons. The molecule has 1 aromatic heterocycles. The topological polar surface area (TPSA) is 8.17 Å². The molecule has 1 heterocycles. The molecule has 0 saturated heterocycles. The molecule has 0 amide bonds. The van der Waals surface area contributed by atoms with Gasteiger partial charge in [0.2, 0.25) is 0 Å². The standard InChI is InChI=1S/C69H58N2/c1-67(2,3)51-32-38-56(39-33-51)70(57-40-34-52(35-41-57)68(4,5)6)55-36-29-48(30-37-55)47-25-27-49(28-26-47)50-31-43-62-61-22-14-16-24-65(61)71(66(62)45-50)58-42-44-60-59-21-13-15-23-63(59)69(64(60)46-58,53-17-9-7-10-18-53)54-19-11-8-12-20-54/h7-46H,1-6H3. The van der Waals surface area contributed by atoms with Gasteiger partial charge in [0.25, 0.3) is 0 Å². The summed E-state index contributed by atoms with van der Waals surface area (Å²) in [6, 6.07) is 90.4. The van der Waals surface area contributed by atoms with E-state index in [1.165, 1.54) is 88.6 Å². The maximum atomic E-state index is 2.48. The third kappa shape index (κ3) is 7.49. The normalized spacial score (nSPS) is 13.0. The number of aromatic nitrogens is 1. The second-order valence-electron chi connectivity index (χ2n) is 21.4. The molecule has 0 saturated carbocycles. The Morgan fingerprint density at radius 1 is 0.338 bits per heavy atom. The minimum Gasteiger partial charge on any atom is -0.311 e. The molecule has 71 heavy (non-hydrogen) atoms. The van der Waals surface area contributed by atoms with Crippen molar-refractivity contribution in [2.45, 2.75) is 57.8 Å². The summed E-state index contributed by atoms with van der Waals surface area (Å²) in [4.78, 5) is 2.37. The minimum absolute atomic E-state index is 0.0821. The number of rotatable bonds is 8. The zero-order valence-corrected chi connectivity index (χ0v) is 41.5. The van der Waals surface area contributed by atoms with Crippen LogP contribution in [-0.4, -0.2) is 4.57 Å². The van der Waals surface area contributed by atoms with Gasteiger partial charge in [0.05, 0.1) is 16.4 Å². The van der Waals surface area contributed by atoms with Crippen LogP contribution in [0.2, 0.25) is 0 Å². The van der Waals surface area contributed by atoms with Gasteiger partial charge in [-0.3, -0.25) is 0 Å². The molecule has 11 aromatic rings. The summed E-state index contributed by atoms with van der Waals surface area (Å²) in [5.41, 5.74) is 21.7. The molecule has 0 unspecified atom stereocenters. The molecule has 0 spiro atoms. The van der Waals surface area contributed by atoms with Crippen LogP contribution in [0, 0.1) is 0 Å². The summed E-state index contributed by atoms with van der Waals surface area (Å²) < 4.78 is 2.48. The van der Waals surface area contributed by atoms with Crippen molar-refractivity contribution < 1.29 is 0 Å². The molecular weight excluding hydrogens is 857 g/mol. The number of anilines is 3. The van der Waals surface area contributed by atoms with Gasteiger partial charge in [0, 0.05) is 33.5 Å². The van der Waals surface area contributed by atoms with Crippen LogP contribution in [0.4, 0.5) is 17.1 Å². The van der Waals surface area contributed by atoms with E-state index in [0.29, 0.717) is 0 Å². The van der Waals surface area contributed by atoms with Gasteiger partial charge in [-0.2, -0.15) is 0 Å². The molecule has 344 valence electrons. The summed E-state index contributed by atoms with van der Waals surface area (Å²) in [6.07, 6.45) is 0. The second kappa shape index (κ2) is 17.0. The number of nitrogens with zero attached hydrogens (tertiary/aromatic N) is 2. The van der Waals surface area contributed by atoms with E-state index in [0.717, 1.165) is 22.7 Å². The van der Waals surface area contributed by atoms with Gasteiger partial charge in [0.15, 0.2) is 0 Å². The highest BCUT2D eigenvalue weighted by Gasteiger charge is 2.46. The molecule has 1 aliphatic carbocycles. The number of fused-ring (bicyclic) bond motifs is 6. The first kappa shape index (κ1) is 44.0. The SMILES string of the molecule is CC(C)(C)c1ccc(N(c2ccc(-c3ccc(-c4ccc5c6ccccc6n(-c6ccc7c(c6)C(c6ccccc6)(c6ccccc6)c6ccccc6-7)c5c4)cc3)cc2)c2ccc(C(C)(C)C)cc2)cc1. The lowest BCUT2D eigenvalue weighted by molar-refractivity contribution is 0.590. The Morgan fingerprint density at radius 2 is 0.775 bits per heavy atom. The summed E-state index contributed by atoms with van der Waals surface area (Å²) in [6.45, 7) is 13.6. The largest absolute Gasteiger partial charge is 0.311 e. The smallest absolute Gasteiger partial charge is 0.0714 e. The lowest BCUT2D eigenvalue weighted by Crippen LogP contribution is -2.28. The van der Waals surface area contributed by atoms with Crippen LogP contribution in [0.3, 0.4) is 0 Å². The van der Waals surface area contributed by atoms with Crippen molar-refractivity contribution in [1.82, 2.24) is 4.57 Å². The molecule has 2 heteroatoms. The maximum Gasteiger partial charge on any atom is 0.0714 e. The van der Waals surface area contributed by atoms with Gasteiger partial charge in [-0.1, -0.05) is 224 Å². The molecule has 1 aliphatic rings. The Bertz CT molecular complexity index is 3620. The number of hydrogen-bond donors (Lipinski definition) is 0. The highest BCUT2D eigenvalue weighted by Crippen LogP contribution is 2.56. The average molecular weight is 915 g/mol. The van der Waals surface area contributed by atoms with E-state index in [1.54, 1.807) is 0 Å². The lowest BCUT2D eigenvalue weighted by Gasteiger charge is -2.34. The van der Waals surface area contributed by atoms with E-state index in [-0.39, 0.29) is 10.8 Å². The molecular formula is C69H58N2. The Morgan fingerprint density at radius 3 is 1.34 bits per heavy atom. The molecule has 0 atom stereocenters. The third-order valence-corrected chi connectivity index (χ3v) is 15.0. The van der Waals surface area contributed by atoms with Crippen molar-refractivity contribution in [3.63, 3.8) is 0 Å². The number of benzene rings is 10. The van der Waals surface area contributed by atoms with E-state index in [4.69, 9.17) is 0 Å². The zero-order chi connectivity index (χ0) is 48.5. The Kier molecular flexibility index (Phi) is 10.6. The maximum absolute atomic E-state index is 2.48. The summed E-state index contributed by atoms with van der Waals surface area (Å²) in [5, 5.41) is 2.49. The van der Waals surface area contributed by atoms with Gasteiger partial charge >= 0.3 is 0 Å². The molecule has 2 nitrogen and oxygen atoms in total. The van der Waals surface area contributed by atoms with Gasteiger partial charge < -0.3 is 9.47 Å². The summed E-state index contributed by atoms with van der Waals surface area (Å²) in [7, 11) is 0. The third-order valence-electron chi connectivity index (χ3n) is 15.0. The average Bonchev–Trinajstić information content (AvgIpc) is 3.90. The highest BCUT2D eigenvalue weighted by atomic mass is 15.1. The molecule has 0 N–H and O–H groups in total. The fraction of sp³-hybridized carbons (Fsp3) is 0.130. The first-order valence-electron chi connectivity index (χ1n) is 25.1. The molecule has 0 fully saturated rings. The van der Waals surface area contributed by atoms with Crippen molar-refractivity contribution in [3.05, 3.63) is 276 Å². The molecule has 10 aromatic carbocycles. The predicted octanol–water partition coefficient (Wildman–Crippen LogP) is 18.5. The van der Waals surface area contributed by atoms with E-state index < -0.39 is 5.41 Å². The molecule has 0 aliphatic heterocycles. The minimum atomic E-state index is -0.480. The van der Waals surface area contributed by atoms with Crippen molar-refractivity contribution >= 4 is 38.9 Å². The predicted molar refractivity (Wildman–Crippen MR) is 301 cm³/mol. The van der Waals surface area contributed by atoms with Crippen molar-refractivity contribution in [1.29, 1.82) is 0 Å². The van der Waals surface area contributed by atoms with Gasteiger partial charge in [-0.25, -0.2) is 0 Å². The van der Waals surface area contributed by atoms with Crippen LogP contribution < -0.4 is 4.90 Å². The Balaban J connectivity index is 0.913. The van der Waals surface area contributed by atoms with Crippen molar-refractivity contribution in [2.24, 2.45) is 0 Å². The first-order valence-corrected chi connectivity index (χ1v) is 25.1. The van der Waals surface area contributed by atoms with Crippen LogP contribution in [0.5, 0.6) is 0 Å². The first-order chi connectivity index (χ1) is 34.5. The fourth-order valence-electron chi connectivity index (χ4n) is 11.3. The number of para-hydroxylation sites is 1. The second-order valence-corrected chi connectivity index (χ2v) is 21.4. The van der Waals surface area contributed by atoms with E-state index >= 15 is 0 Å². The van der Waals surface area contributed by atoms with Crippen LogP contribution in [0.25, 0.3) is 60.9 Å². The van der Waals surface area contributed by atoms with Gasteiger partial charge in [-0.15, -0.1) is 0 Å². The highest BCUT2D eigenvalue weighted by molar-refractivity contribution is 6.10. The van der Waals surface area contributed by atoms with Crippen LogP contribution in [0.15, 0.2) is 243 Å². The molecule has 0 bridgehead atoms. The molecule has 12 rings (SSSR count). The van der Waals surface area contributed by atoms with Crippen LogP contribution >= 0.6 is 0 Å². The van der Waals surface area contributed by atoms with Gasteiger partial charge in [-0.05, 0) is 138 Å². The monoisotopic (exact) mass is 914 g/mol. The quantitative estimate of drug-likeness (QED) is 0.147. The van der Waals surface area contributed by atoms with Crippen LogP contribution in [-0.2, 0) is 16.2 Å². The Hall–Kier alpha value is -8.20. The van der Waals surface area contributed by atoms with Crippen LogP contribution in [0.1, 0.15) is 74.9 Å². The lowest BCUT2D eigenvalue weighted by atomic mass is 9.67. The van der Waals surface area contributed by atoms with E-state index in [9.17, 15) is 0 Å². The van der Waals surface area contributed by atoms with Gasteiger partial charge in [0.1, 0.15) is 0 Å². The van der Waals surface area contributed by atoms with Crippen molar-refractivity contribution in [2.75, 3.05) is 4.90 Å². The van der Waals surface area contributed by atoms with E-state index in [1.807, 2.05) is 0 Å². The van der Waals surface area contributed by atoms with E-state index in [2.05, 4.69) is 294 Å².